The quantitative estimate of drug-likeness (QED) is 0.809. The molecule has 1 amide bonds. The minimum Gasteiger partial charge on any atom is -0.479 e. The van der Waals surface area contributed by atoms with Crippen molar-refractivity contribution in [1.82, 2.24) is 9.78 Å². The lowest BCUT2D eigenvalue weighted by Crippen LogP contribution is -2.34. The van der Waals surface area contributed by atoms with Crippen molar-refractivity contribution >= 4 is 17.4 Å². The van der Waals surface area contributed by atoms with Crippen LogP contribution in [0.5, 0.6) is 5.75 Å². The van der Waals surface area contributed by atoms with E-state index in [0.29, 0.717) is 17.3 Å². The molecule has 19 heavy (non-hydrogen) atoms. The third kappa shape index (κ3) is 1.91. The van der Waals surface area contributed by atoms with Crippen molar-refractivity contribution < 1.29 is 9.53 Å². The molecule has 2 heterocycles. The van der Waals surface area contributed by atoms with Crippen LogP contribution >= 0.6 is 0 Å². The molecule has 6 heteroatoms. The topological polar surface area (TPSA) is 82.2 Å². The number of hydrogen-bond acceptors (Lipinski definition) is 4. The number of nitrogens with zero attached hydrogens (tertiary/aromatic N) is 2. The first-order valence-corrected chi connectivity index (χ1v) is 5.95. The molecule has 0 fully saturated rings. The third-order valence-corrected chi connectivity index (χ3v) is 3.08. The van der Waals surface area contributed by atoms with E-state index in [4.69, 9.17) is 10.5 Å². The third-order valence-electron chi connectivity index (χ3n) is 3.08. The van der Waals surface area contributed by atoms with Gasteiger partial charge in [0, 0.05) is 18.8 Å². The van der Waals surface area contributed by atoms with Gasteiger partial charge in [-0.25, -0.2) is 0 Å². The van der Waals surface area contributed by atoms with Gasteiger partial charge in [0.1, 0.15) is 5.75 Å². The van der Waals surface area contributed by atoms with Crippen LogP contribution in [-0.4, -0.2) is 21.8 Å². The number of carbonyl (C=O) groups is 1. The van der Waals surface area contributed by atoms with Gasteiger partial charge in [0.15, 0.2) is 11.9 Å². The SMILES string of the molecule is CC1Oc2ccc(-c3cn(C)nc3N)cc2NC1=O. The molecule has 98 valence electrons. The fourth-order valence-corrected chi connectivity index (χ4v) is 2.10. The number of carbonyl (C=O) groups excluding carboxylic acids is 1. The predicted octanol–water partition coefficient (Wildman–Crippen LogP) is 1.39. The fraction of sp³-hybridized carbons (Fsp3) is 0.231. The highest BCUT2D eigenvalue weighted by Crippen LogP contribution is 2.35. The molecule has 0 saturated carbocycles. The highest BCUT2D eigenvalue weighted by molar-refractivity contribution is 5.98. The second-order valence-electron chi connectivity index (χ2n) is 4.56. The predicted molar refractivity (Wildman–Crippen MR) is 71.8 cm³/mol. The molecular formula is C13H14N4O2. The molecule has 0 aliphatic carbocycles. The molecule has 1 aromatic heterocycles. The van der Waals surface area contributed by atoms with Crippen LogP contribution in [0.25, 0.3) is 11.1 Å². The number of rotatable bonds is 1. The van der Waals surface area contributed by atoms with Crippen LogP contribution in [0.4, 0.5) is 11.5 Å². The van der Waals surface area contributed by atoms with Gasteiger partial charge in [-0.1, -0.05) is 6.07 Å². The summed E-state index contributed by atoms with van der Waals surface area (Å²) in [4.78, 5) is 11.6. The van der Waals surface area contributed by atoms with Crippen molar-refractivity contribution in [2.24, 2.45) is 7.05 Å². The minimum absolute atomic E-state index is 0.149. The van der Waals surface area contributed by atoms with Crippen LogP contribution < -0.4 is 15.8 Å². The first kappa shape index (κ1) is 11.6. The Hall–Kier alpha value is -2.50. The standard InChI is InChI=1S/C13H14N4O2/c1-7-13(18)15-10-5-8(3-4-11(10)19-7)9-6-17(2)16-12(9)14/h3-7H,1-2H3,(H2,14,16)(H,15,18). The van der Waals surface area contributed by atoms with Crippen molar-refractivity contribution in [3.63, 3.8) is 0 Å². The first-order valence-electron chi connectivity index (χ1n) is 5.95. The number of anilines is 2. The van der Waals surface area contributed by atoms with E-state index in [1.165, 1.54) is 0 Å². The van der Waals surface area contributed by atoms with E-state index < -0.39 is 6.10 Å². The number of hydrogen-bond donors (Lipinski definition) is 2. The first-order chi connectivity index (χ1) is 9.04. The molecular weight excluding hydrogens is 244 g/mol. The Balaban J connectivity index is 2.05. The highest BCUT2D eigenvalue weighted by atomic mass is 16.5. The summed E-state index contributed by atoms with van der Waals surface area (Å²) in [5.74, 6) is 0.973. The second-order valence-corrected chi connectivity index (χ2v) is 4.56. The molecule has 1 unspecified atom stereocenters. The Morgan fingerprint density at radius 3 is 2.95 bits per heavy atom. The lowest BCUT2D eigenvalue weighted by Gasteiger charge is -2.23. The molecule has 1 aliphatic heterocycles. The van der Waals surface area contributed by atoms with Crippen molar-refractivity contribution in [3.8, 4) is 16.9 Å². The number of aryl methyl sites for hydroxylation is 1. The summed E-state index contributed by atoms with van der Waals surface area (Å²) >= 11 is 0. The van der Waals surface area contributed by atoms with Gasteiger partial charge in [-0.15, -0.1) is 0 Å². The molecule has 1 aliphatic rings. The Kier molecular flexibility index (Phi) is 2.45. The molecule has 6 nitrogen and oxygen atoms in total. The number of fused-ring (bicyclic) bond motifs is 1. The molecule has 1 atom stereocenters. The zero-order chi connectivity index (χ0) is 13.6. The highest BCUT2D eigenvalue weighted by Gasteiger charge is 2.24. The lowest BCUT2D eigenvalue weighted by atomic mass is 10.1. The maximum absolute atomic E-state index is 11.6. The van der Waals surface area contributed by atoms with E-state index >= 15 is 0 Å². The van der Waals surface area contributed by atoms with Gasteiger partial charge in [0.2, 0.25) is 0 Å². The van der Waals surface area contributed by atoms with Gasteiger partial charge in [-0.2, -0.15) is 5.10 Å². The smallest absolute Gasteiger partial charge is 0.265 e. The molecule has 1 aromatic carbocycles. The number of benzene rings is 1. The van der Waals surface area contributed by atoms with E-state index in [1.54, 1.807) is 11.6 Å². The maximum atomic E-state index is 11.6. The van der Waals surface area contributed by atoms with E-state index in [2.05, 4.69) is 10.4 Å². The van der Waals surface area contributed by atoms with Gasteiger partial charge in [-0.3, -0.25) is 9.48 Å². The summed E-state index contributed by atoms with van der Waals surface area (Å²) in [6, 6.07) is 5.57. The summed E-state index contributed by atoms with van der Waals surface area (Å²) in [5.41, 5.74) is 8.23. The number of nitrogens with one attached hydrogen (secondary N) is 1. The van der Waals surface area contributed by atoms with Crippen LogP contribution in [0, 0.1) is 0 Å². The van der Waals surface area contributed by atoms with E-state index in [1.807, 2.05) is 31.4 Å². The van der Waals surface area contributed by atoms with Gasteiger partial charge in [0.25, 0.3) is 5.91 Å². The van der Waals surface area contributed by atoms with Crippen LogP contribution in [0.2, 0.25) is 0 Å². The molecule has 3 rings (SSSR count). The zero-order valence-corrected chi connectivity index (χ0v) is 10.7. The van der Waals surface area contributed by atoms with Gasteiger partial charge in [0.05, 0.1) is 5.69 Å². The van der Waals surface area contributed by atoms with Crippen molar-refractivity contribution in [3.05, 3.63) is 24.4 Å². The Morgan fingerprint density at radius 1 is 1.47 bits per heavy atom. The van der Waals surface area contributed by atoms with Crippen LogP contribution in [-0.2, 0) is 11.8 Å². The average Bonchev–Trinajstić information content (AvgIpc) is 2.69. The Morgan fingerprint density at radius 2 is 2.26 bits per heavy atom. The van der Waals surface area contributed by atoms with E-state index in [0.717, 1.165) is 11.1 Å². The Bertz CT molecular complexity index is 663. The number of amides is 1. The minimum atomic E-state index is -0.471. The van der Waals surface area contributed by atoms with Crippen molar-refractivity contribution in [2.45, 2.75) is 13.0 Å². The van der Waals surface area contributed by atoms with Crippen LogP contribution in [0.15, 0.2) is 24.4 Å². The average molecular weight is 258 g/mol. The van der Waals surface area contributed by atoms with E-state index in [-0.39, 0.29) is 5.91 Å². The van der Waals surface area contributed by atoms with Crippen LogP contribution in [0.3, 0.4) is 0 Å². The molecule has 0 radical (unpaired) electrons. The fourth-order valence-electron chi connectivity index (χ4n) is 2.10. The van der Waals surface area contributed by atoms with Gasteiger partial charge >= 0.3 is 0 Å². The number of nitrogen functional groups attached to an aromatic ring is 1. The van der Waals surface area contributed by atoms with E-state index in [9.17, 15) is 4.79 Å². The number of ether oxygens (including phenoxy) is 1. The monoisotopic (exact) mass is 258 g/mol. The molecule has 2 aromatic rings. The van der Waals surface area contributed by atoms with Crippen LogP contribution in [0.1, 0.15) is 6.92 Å². The normalized spacial score (nSPS) is 17.6. The largest absolute Gasteiger partial charge is 0.479 e. The summed E-state index contributed by atoms with van der Waals surface area (Å²) in [5, 5.41) is 6.92. The molecule has 3 N–H and O–H groups in total. The molecule has 0 spiro atoms. The van der Waals surface area contributed by atoms with Gasteiger partial charge < -0.3 is 15.8 Å². The van der Waals surface area contributed by atoms with Gasteiger partial charge in [-0.05, 0) is 24.6 Å². The maximum Gasteiger partial charge on any atom is 0.265 e. The zero-order valence-electron chi connectivity index (χ0n) is 10.7. The second kappa shape index (κ2) is 4.01. The summed E-state index contributed by atoms with van der Waals surface area (Å²) in [6.45, 7) is 1.71. The number of aromatic nitrogens is 2. The summed E-state index contributed by atoms with van der Waals surface area (Å²) in [7, 11) is 1.81. The van der Waals surface area contributed by atoms with Crippen molar-refractivity contribution in [2.75, 3.05) is 11.1 Å². The lowest BCUT2D eigenvalue weighted by molar-refractivity contribution is -0.122. The number of nitrogens with two attached hydrogens (primary N) is 1. The Labute approximate surface area is 110 Å². The molecule has 0 bridgehead atoms. The summed E-state index contributed by atoms with van der Waals surface area (Å²) < 4.78 is 7.16. The molecule has 0 saturated heterocycles. The van der Waals surface area contributed by atoms with Crippen molar-refractivity contribution in [1.29, 1.82) is 0 Å². The summed E-state index contributed by atoms with van der Waals surface area (Å²) in [6.07, 6.45) is 1.37.